The number of likely N-dealkylation sites (N-methyl/N-ethyl adjacent to an activating group) is 1. The van der Waals surface area contributed by atoms with E-state index >= 15 is 0 Å². The number of carbonyl (C=O) groups is 1. The largest absolute Gasteiger partial charge is 0.323 e. The monoisotopic (exact) mass is 329 g/mol. The van der Waals surface area contributed by atoms with Crippen LogP contribution in [0.3, 0.4) is 0 Å². The minimum absolute atomic E-state index is 0.111. The summed E-state index contributed by atoms with van der Waals surface area (Å²) < 4.78 is 0. The van der Waals surface area contributed by atoms with E-state index in [-0.39, 0.29) is 22.7 Å². The number of anilines is 1. The Labute approximate surface area is 136 Å². The second-order valence-corrected chi connectivity index (χ2v) is 5.29. The molecular weight excluding hydrogens is 306 g/mol. The van der Waals surface area contributed by atoms with Crippen molar-refractivity contribution in [1.82, 2.24) is 5.32 Å². The second-order valence-electron chi connectivity index (χ2n) is 4.88. The van der Waals surface area contributed by atoms with Crippen molar-refractivity contribution in [3.63, 3.8) is 0 Å². The zero-order chi connectivity index (χ0) is 17.3. The van der Waals surface area contributed by atoms with Gasteiger partial charge in [0.25, 0.3) is 5.69 Å². The number of nitro groups is 1. The Bertz CT molecular complexity index is 507. The quantitative estimate of drug-likeness (QED) is 0.613. The van der Waals surface area contributed by atoms with Crippen LogP contribution in [0.4, 0.5) is 11.4 Å². The minimum Gasteiger partial charge on any atom is -0.323 e. The highest BCUT2D eigenvalue weighted by Gasteiger charge is 2.19. The van der Waals surface area contributed by atoms with Gasteiger partial charge in [-0.2, -0.15) is 0 Å². The lowest BCUT2D eigenvalue weighted by molar-refractivity contribution is -0.384. The predicted octanol–water partition coefficient (Wildman–Crippen LogP) is 3.85. The van der Waals surface area contributed by atoms with Crippen molar-refractivity contribution >= 4 is 28.9 Å². The van der Waals surface area contributed by atoms with Gasteiger partial charge in [-0.05, 0) is 25.5 Å². The Morgan fingerprint density at radius 2 is 1.95 bits per heavy atom. The van der Waals surface area contributed by atoms with Gasteiger partial charge in [-0.15, -0.1) is 0 Å². The molecule has 2 N–H and O–H groups in total. The van der Waals surface area contributed by atoms with Crippen molar-refractivity contribution in [3.05, 3.63) is 33.3 Å². The molecule has 0 aliphatic rings. The molecule has 0 bridgehead atoms. The molecule has 6 nitrogen and oxygen atoms in total. The van der Waals surface area contributed by atoms with Crippen LogP contribution in [0.5, 0.6) is 0 Å². The van der Waals surface area contributed by atoms with Gasteiger partial charge in [0.1, 0.15) is 0 Å². The number of benzene rings is 1. The molecule has 124 valence electrons. The molecule has 0 spiro atoms. The molecule has 0 saturated heterocycles. The lowest BCUT2D eigenvalue weighted by atomic mass is 10.0. The fraction of sp³-hybridized carbons (Fsp3) is 0.533. The van der Waals surface area contributed by atoms with Crippen molar-refractivity contribution in [3.8, 4) is 0 Å². The number of non-ortho nitro benzene ring substituents is 1. The summed E-state index contributed by atoms with van der Waals surface area (Å²) in [4.78, 5) is 22.2. The maximum atomic E-state index is 12.1. The molecular formula is C15H24ClN3O3. The van der Waals surface area contributed by atoms with E-state index in [2.05, 4.69) is 10.6 Å². The molecule has 0 saturated carbocycles. The standard InChI is InChI=1S/C13H18ClN3O3.C2H6/c1-8(2)6-12(15-3)13(18)16-11-5-4-9(17(19)20)7-10(11)14;1-2/h4-5,7-8,12,15H,6H2,1-3H3,(H,16,18);1-2H3. The fourth-order valence-corrected chi connectivity index (χ4v) is 1.99. The molecule has 1 aromatic carbocycles. The third kappa shape index (κ3) is 6.41. The lowest BCUT2D eigenvalue weighted by Crippen LogP contribution is -2.39. The molecule has 1 unspecified atom stereocenters. The van der Waals surface area contributed by atoms with Crippen molar-refractivity contribution in [2.24, 2.45) is 5.92 Å². The number of nitro benzene ring substituents is 1. The van der Waals surface area contributed by atoms with E-state index in [1.54, 1.807) is 7.05 Å². The normalized spacial score (nSPS) is 11.4. The summed E-state index contributed by atoms with van der Waals surface area (Å²) in [6.45, 7) is 8.05. The highest BCUT2D eigenvalue weighted by atomic mass is 35.5. The molecule has 0 aromatic heterocycles. The van der Waals surface area contributed by atoms with E-state index in [4.69, 9.17) is 11.6 Å². The van der Waals surface area contributed by atoms with Gasteiger partial charge < -0.3 is 10.6 Å². The van der Waals surface area contributed by atoms with E-state index in [1.165, 1.54) is 18.2 Å². The van der Waals surface area contributed by atoms with E-state index in [9.17, 15) is 14.9 Å². The zero-order valence-electron chi connectivity index (χ0n) is 13.6. The number of nitrogens with zero attached hydrogens (tertiary/aromatic N) is 1. The van der Waals surface area contributed by atoms with Gasteiger partial charge in [0.15, 0.2) is 0 Å². The Balaban J connectivity index is 0.00000211. The van der Waals surface area contributed by atoms with Crippen LogP contribution in [-0.4, -0.2) is 23.9 Å². The first-order chi connectivity index (χ1) is 10.3. The second kappa shape index (κ2) is 10.1. The van der Waals surface area contributed by atoms with Crippen LogP contribution in [0.1, 0.15) is 34.1 Å². The van der Waals surface area contributed by atoms with E-state index in [0.717, 1.165) is 0 Å². The first kappa shape index (κ1) is 20.3. The van der Waals surface area contributed by atoms with Crippen LogP contribution in [0.2, 0.25) is 5.02 Å². The number of hydrogen-bond donors (Lipinski definition) is 2. The molecule has 0 radical (unpaired) electrons. The maximum Gasteiger partial charge on any atom is 0.271 e. The van der Waals surface area contributed by atoms with Crippen LogP contribution in [0, 0.1) is 16.0 Å². The summed E-state index contributed by atoms with van der Waals surface area (Å²) in [5.41, 5.74) is 0.256. The van der Waals surface area contributed by atoms with Gasteiger partial charge in [-0.25, -0.2) is 0 Å². The Morgan fingerprint density at radius 3 is 2.36 bits per heavy atom. The van der Waals surface area contributed by atoms with Crippen molar-refractivity contribution in [1.29, 1.82) is 0 Å². The van der Waals surface area contributed by atoms with Crippen LogP contribution in [0.25, 0.3) is 0 Å². The number of carbonyl (C=O) groups excluding carboxylic acids is 1. The smallest absolute Gasteiger partial charge is 0.271 e. The first-order valence-electron chi connectivity index (χ1n) is 7.27. The number of nitrogens with one attached hydrogen (secondary N) is 2. The Kier molecular flexibility index (Phi) is 9.37. The van der Waals surface area contributed by atoms with Gasteiger partial charge >= 0.3 is 0 Å². The van der Waals surface area contributed by atoms with Gasteiger partial charge in [-0.3, -0.25) is 14.9 Å². The van der Waals surface area contributed by atoms with Gasteiger partial charge in [0.2, 0.25) is 5.91 Å². The molecule has 0 fully saturated rings. The number of amides is 1. The third-order valence-corrected chi connectivity index (χ3v) is 3.11. The van der Waals surface area contributed by atoms with E-state index in [0.29, 0.717) is 18.0 Å². The SMILES string of the molecule is CC.CNC(CC(C)C)C(=O)Nc1ccc([N+](=O)[O-])cc1Cl. The summed E-state index contributed by atoms with van der Waals surface area (Å²) in [5.74, 6) is 0.155. The summed E-state index contributed by atoms with van der Waals surface area (Å²) in [5, 5.41) is 16.4. The van der Waals surface area contributed by atoms with Crippen molar-refractivity contribution in [2.45, 2.75) is 40.2 Å². The molecule has 1 atom stereocenters. The van der Waals surface area contributed by atoms with Gasteiger partial charge in [-0.1, -0.05) is 39.3 Å². The third-order valence-electron chi connectivity index (χ3n) is 2.79. The Hall–Kier alpha value is -1.66. The van der Waals surface area contributed by atoms with Crippen molar-refractivity contribution in [2.75, 3.05) is 12.4 Å². The predicted molar refractivity (Wildman–Crippen MR) is 90.4 cm³/mol. The first-order valence-corrected chi connectivity index (χ1v) is 7.65. The Morgan fingerprint density at radius 1 is 1.36 bits per heavy atom. The van der Waals surface area contributed by atoms with Crippen LogP contribution < -0.4 is 10.6 Å². The topological polar surface area (TPSA) is 84.3 Å². The van der Waals surface area contributed by atoms with Crippen LogP contribution in [0.15, 0.2) is 18.2 Å². The van der Waals surface area contributed by atoms with E-state index < -0.39 is 4.92 Å². The van der Waals surface area contributed by atoms with Crippen LogP contribution >= 0.6 is 11.6 Å². The molecule has 0 aliphatic carbocycles. The van der Waals surface area contributed by atoms with Gasteiger partial charge in [0.05, 0.1) is 21.7 Å². The number of halogens is 1. The highest BCUT2D eigenvalue weighted by molar-refractivity contribution is 6.34. The molecule has 1 rings (SSSR count). The number of rotatable bonds is 6. The minimum atomic E-state index is -0.535. The van der Waals surface area contributed by atoms with Gasteiger partial charge in [0, 0.05) is 12.1 Å². The van der Waals surface area contributed by atoms with Crippen LogP contribution in [-0.2, 0) is 4.79 Å². The average Bonchev–Trinajstić information content (AvgIpc) is 2.48. The fourth-order valence-electron chi connectivity index (χ4n) is 1.77. The lowest BCUT2D eigenvalue weighted by Gasteiger charge is -2.18. The molecule has 0 heterocycles. The summed E-state index contributed by atoms with van der Waals surface area (Å²) in [7, 11) is 1.71. The average molecular weight is 330 g/mol. The zero-order valence-corrected chi connectivity index (χ0v) is 14.4. The van der Waals surface area contributed by atoms with Crippen molar-refractivity contribution < 1.29 is 9.72 Å². The highest BCUT2D eigenvalue weighted by Crippen LogP contribution is 2.26. The molecule has 1 aromatic rings. The summed E-state index contributed by atoms with van der Waals surface area (Å²) in [6.07, 6.45) is 0.687. The molecule has 1 amide bonds. The molecule has 22 heavy (non-hydrogen) atoms. The molecule has 7 heteroatoms. The number of hydrogen-bond acceptors (Lipinski definition) is 4. The molecule has 0 aliphatic heterocycles. The maximum absolute atomic E-state index is 12.1. The summed E-state index contributed by atoms with van der Waals surface area (Å²) >= 11 is 5.93. The van der Waals surface area contributed by atoms with E-state index in [1.807, 2.05) is 27.7 Å². The summed E-state index contributed by atoms with van der Waals surface area (Å²) in [6, 6.07) is 3.62.